The molecule has 0 saturated carbocycles. The summed E-state index contributed by atoms with van der Waals surface area (Å²) in [7, 11) is 4.15. The summed E-state index contributed by atoms with van der Waals surface area (Å²) < 4.78 is 0.802. The van der Waals surface area contributed by atoms with Gasteiger partial charge in [0.15, 0.2) is 0 Å². The van der Waals surface area contributed by atoms with Crippen molar-refractivity contribution in [3.05, 3.63) is 22.7 Å². The summed E-state index contributed by atoms with van der Waals surface area (Å²) in [6.07, 6.45) is 2.34. The number of nitrogens with zero attached hydrogens (tertiary/aromatic N) is 2. The Labute approximate surface area is 134 Å². The van der Waals surface area contributed by atoms with Crippen molar-refractivity contribution in [2.45, 2.75) is 18.9 Å². The monoisotopic (exact) mass is 354 g/mol. The van der Waals surface area contributed by atoms with E-state index < -0.39 is 0 Å². The average Bonchev–Trinajstić information content (AvgIpc) is 2.42. The number of carbonyl (C=O) groups excluding carboxylic acids is 1. The number of nitrogen functional groups attached to an aromatic ring is 1. The molecule has 1 saturated heterocycles. The molecule has 5 nitrogen and oxygen atoms in total. The van der Waals surface area contributed by atoms with E-state index in [9.17, 15) is 4.79 Å². The highest BCUT2D eigenvalue weighted by molar-refractivity contribution is 9.10. The average molecular weight is 355 g/mol. The van der Waals surface area contributed by atoms with Gasteiger partial charge in [-0.1, -0.05) is 0 Å². The normalized spacial score (nSPS) is 19.7. The molecule has 1 unspecified atom stereocenters. The summed E-state index contributed by atoms with van der Waals surface area (Å²) in [5.74, 6) is -0.00352. The number of carbonyl (C=O) groups is 1. The minimum atomic E-state index is -0.00352. The molecule has 1 amide bonds. The highest BCUT2D eigenvalue weighted by Gasteiger charge is 2.22. The van der Waals surface area contributed by atoms with Gasteiger partial charge in [0.05, 0.1) is 12.2 Å². The fraction of sp³-hybridized carbons (Fsp3) is 0.533. The van der Waals surface area contributed by atoms with Gasteiger partial charge in [-0.2, -0.15) is 0 Å². The second kappa shape index (κ2) is 7.24. The zero-order valence-corrected chi connectivity index (χ0v) is 14.2. The molecule has 1 atom stereocenters. The molecule has 0 aromatic heterocycles. The minimum Gasteiger partial charge on any atom is -0.399 e. The Hall–Kier alpha value is -1.11. The molecule has 6 heteroatoms. The lowest BCUT2D eigenvalue weighted by atomic mass is 10.1. The first-order chi connectivity index (χ1) is 9.95. The second-order valence-electron chi connectivity index (χ2n) is 5.76. The quantitative estimate of drug-likeness (QED) is 0.811. The molecule has 1 heterocycles. The van der Waals surface area contributed by atoms with E-state index in [0.717, 1.165) is 29.7 Å². The molecular weight excluding hydrogens is 332 g/mol. The zero-order chi connectivity index (χ0) is 15.4. The number of amides is 1. The van der Waals surface area contributed by atoms with Gasteiger partial charge in [0.25, 0.3) is 0 Å². The number of rotatable bonds is 4. The molecular formula is C15H23BrN4O. The van der Waals surface area contributed by atoms with E-state index in [1.54, 1.807) is 12.1 Å². The predicted octanol–water partition coefficient (Wildman–Crippen LogP) is 2.00. The maximum atomic E-state index is 12.2. The number of piperidine rings is 1. The molecule has 1 fully saturated rings. The molecule has 0 radical (unpaired) electrons. The lowest BCUT2D eigenvalue weighted by molar-refractivity contribution is -0.117. The lowest BCUT2D eigenvalue weighted by Gasteiger charge is -2.35. The highest BCUT2D eigenvalue weighted by Crippen LogP contribution is 2.24. The smallest absolute Gasteiger partial charge is 0.238 e. The van der Waals surface area contributed by atoms with Gasteiger partial charge in [0.1, 0.15) is 0 Å². The minimum absolute atomic E-state index is 0.00352. The molecule has 0 bridgehead atoms. The third kappa shape index (κ3) is 4.69. The first-order valence-corrected chi connectivity index (χ1v) is 7.98. The van der Waals surface area contributed by atoms with Gasteiger partial charge in [0.2, 0.25) is 5.91 Å². The van der Waals surface area contributed by atoms with Crippen LogP contribution in [0.15, 0.2) is 22.7 Å². The summed E-state index contributed by atoms with van der Waals surface area (Å²) in [5.41, 5.74) is 7.12. The summed E-state index contributed by atoms with van der Waals surface area (Å²) >= 11 is 3.41. The Morgan fingerprint density at radius 2 is 2.33 bits per heavy atom. The number of halogens is 1. The van der Waals surface area contributed by atoms with E-state index in [0.29, 0.717) is 18.3 Å². The number of anilines is 2. The van der Waals surface area contributed by atoms with Crippen molar-refractivity contribution in [1.29, 1.82) is 0 Å². The van der Waals surface area contributed by atoms with Gasteiger partial charge in [-0.05, 0) is 67.6 Å². The van der Waals surface area contributed by atoms with Crippen molar-refractivity contribution < 1.29 is 4.79 Å². The van der Waals surface area contributed by atoms with Crippen molar-refractivity contribution in [2.75, 3.05) is 44.8 Å². The SMILES string of the molecule is CN1CCCC(N(C)CC(=O)Nc2ccc(N)cc2Br)C1. The van der Waals surface area contributed by atoms with Crippen LogP contribution in [0.2, 0.25) is 0 Å². The maximum absolute atomic E-state index is 12.2. The summed E-state index contributed by atoms with van der Waals surface area (Å²) in [4.78, 5) is 16.6. The van der Waals surface area contributed by atoms with E-state index in [1.165, 1.54) is 6.42 Å². The zero-order valence-electron chi connectivity index (χ0n) is 12.6. The van der Waals surface area contributed by atoms with Crippen LogP contribution in [0.25, 0.3) is 0 Å². The van der Waals surface area contributed by atoms with Gasteiger partial charge in [-0.3, -0.25) is 9.69 Å². The second-order valence-corrected chi connectivity index (χ2v) is 6.62. The van der Waals surface area contributed by atoms with Gasteiger partial charge in [-0.15, -0.1) is 0 Å². The van der Waals surface area contributed by atoms with Gasteiger partial charge < -0.3 is 16.0 Å². The first kappa shape index (κ1) is 16.3. The molecule has 116 valence electrons. The lowest BCUT2D eigenvalue weighted by Crippen LogP contribution is -2.47. The van der Waals surface area contributed by atoms with Crippen LogP contribution < -0.4 is 11.1 Å². The number of likely N-dealkylation sites (N-methyl/N-ethyl adjacent to an activating group) is 2. The van der Waals surface area contributed by atoms with Crippen LogP contribution in [-0.2, 0) is 4.79 Å². The Kier molecular flexibility index (Phi) is 5.61. The van der Waals surface area contributed by atoms with Crippen molar-refractivity contribution in [2.24, 2.45) is 0 Å². The Morgan fingerprint density at radius 3 is 3.00 bits per heavy atom. The highest BCUT2D eigenvalue weighted by atomic mass is 79.9. The Bertz CT molecular complexity index is 508. The third-order valence-corrected chi connectivity index (χ3v) is 4.54. The van der Waals surface area contributed by atoms with E-state index in [-0.39, 0.29) is 5.91 Å². The number of hydrogen-bond acceptors (Lipinski definition) is 4. The number of likely N-dealkylation sites (tertiary alicyclic amines) is 1. The molecule has 0 aliphatic carbocycles. The summed E-state index contributed by atoms with van der Waals surface area (Å²) in [5, 5.41) is 2.92. The predicted molar refractivity (Wildman–Crippen MR) is 90.3 cm³/mol. The molecule has 1 aromatic rings. The maximum Gasteiger partial charge on any atom is 0.238 e. The van der Waals surface area contributed by atoms with Crippen LogP contribution in [0, 0.1) is 0 Å². The Morgan fingerprint density at radius 1 is 1.57 bits per heavy atom. The molecule has 0 spiro atoms. The van der Waals surface area contributed by atoms with Crippen LogP contribution in [0.3, 0.4) is 0 Å². The van der Waals surface area contributed by atoms with Crippen LogP contribution in [0.1, 0.15) is 12.8 Å². The van der Waals surface area contributed by atoms with Gasteiger partial charge in [0, 0.05) is 22.7 Å². The van der Waals surface area contributed by atoms with E-state index >= 15 is 0 Å². The van der Waals surface area contributed by atoms with Crippen molar-refractivity contribution in [3.63, 3.8) is 0 Å². The van der Waals surface area contributed by atoms with Gasteiger partial charge >= 0.3 is 0 Å². The van der Waals surface area contributed by atoms with E-state index in [1.807, 2.05) is 13.1 Å². The first-order valence-electron chi connectivity index (χ1n) is 7.19. The van der Waals surface area contributed by atoms with E-state index in [4.69, 9.17) is 5.73 Å². The summed E-state index contributed by atoms with van der Waals surface area (Å²) in [6, 6.07) is 5.82. The fourth-order valence-electron chi connectivity index (χ4n) is 2.68. The van der Waals surface area contributed by atoms with Crippen molar-refractivity contribution >= 4 is 33.2 Å². The number of benzene rings is 1. The largest absolute Gasteiger partial charge is 0.399 e. The van der Waals surface area contributed by atoms with Crippen LogP contribution in [-0.4, -0.2) is 55.5 Å². The molecule has 1 aromatic carbocycles. The summed E-state index contributed by atoms with van der Waals surface area (Å²) in [6.45, 7) is 2.57. The topological polar surface area (TPSA) is 61.6 Å². The van der Waals surface area contributed by atoms with Gasteiger partial charge in [-0.25, -0.2) is 0 Å². The molecule has 21 heavy (non-hydrogen) atoms. The van der Waals surface area contributed by atoms with Crippen LogP contribution in [0.5, 0.6) is 0 Å². The number of nitrogens with one attached hydrogen (secondary N) is 1. The van der Waals surface area contributed by atoms with E-state index in [2.05, 4.69) is 38.1 Å². The number of nitrogens with two attached hydrogens (primary N) is 1. The van der Waals surface area contributed by atoms with Crippen LogP contribution >= 0.6 is 15.9 Å². The molecule has 3 N–H and O–H groups in total. The van der Waals surface area contributed by atoms with Crippen LogP contribution in [0.4, 0.5) is 11.4 Å². The molecule has 1 aliphatic heterocycles. The van der Waals surface area contributed by atoms with Crippen molar-refractivity contribution in [1.82, 2.24) is 9.80 Å². The Balaban J connectivity index is 1.89. The molecule has 2 rings (SSSR count). The van der Waals surface area contributed by atoms with Crippen molar-refractivity contribution in [3.8, 4) is 0 Å². The molecule has 1 aliphatic rings. The third-order valence-electron chi connectivity index (χ3n) is 3.88. The standard InChI is InChI=1S/C15H23BrN4O/c1-19-7-3-4-12(9-19)20(2)10-15(21)18-14-6-5-11(17)8-13(14)16/h5-6,8,12H,3-4,7,9-10,17H2,1-2H3,(H,18,21). The fourth-order valence-corrected chi connectivity index (χ4v) is 3.17. The number of hydrogen-bond donors (Lipinski definition) is 2.